The molecule has 6 nitrogen and oxygen atoms in total. The Balaban J connectivity index is 3.21. The van der Waals surface area contributed by atoms with Gasteiger partial charge in [0, 0.05) is 24.4 Å². The number of benzene rings is 1. The van der Waals surface area contributed by atoms with E-state index in [9.17, 15) is 18.0 Å². The van der Waals surface area contributed by atoms with E-state index in [2.05, 4.69) is 0 Å². The van der Waals surface area contributed by atoms with Crippen LogP contribution in [0.5, 0.6) is 0 Å². The summed E-state index contributed by atoms with van der Waals surface area (Å²) in [6.45, 7) is 5.37. The number of sulfone groups is 1. The zero-order chi connectivity index (χ0) is 17.1. The van der Waals surface area contributed by atoms with Gasteiger partial charge in [-0.3, -0.25) is 9.59 Å². The lowest BCUT2D eigenvalue weighted by molar-refractivity contribution is -0.137. The quantitative estimate of drug-likeness (QED) is 0.859. The number of carbonyl (C=O) groups is 2. The number of amides is 1. The van der Waals surface area contributed by atoms with Crippen LogP contribution in [0, 0.1) is 6.92 Å². The molecule has 1 N–H and O–H groups in total. The van der Waals surface area contributed by atoms with Crippen molar-refractivity contribution in [2.24, 2.45) is 0 Å². The third kappa shape index (κ3) is 4.56. The van der Waals surface area contributed by atoms with Crippen LogP contribution in [0.2, 0.25) is 0 Å². The molecule has 7 heteroatoms. The van der Waals surface area contributed by atoms with E-state index in [1.807, 2.05) is 0 Å². The standard InChI is InChI=1S/C15H21NO5S/c1-10(2)16(8-7-14(17)18)15(19)13-9-12(22(4,20)21)6-5-11(13)3/h5-6,9-10H,7-8H2,1-4H3,(H,17,18). The lowest BCUT2D eigenvalue weighted by atomic mass is 10.1. The molecule has 0 radical (unpaired) electrons. The Labute approximate surface area is 130 Å². The van der Waals surface area contributed by atoms with Crippen LogP contribution in [-0.4, -0.2) is 49.1 Å². The van der Waals surface area contributed by atoms with Gasteiger partial charge in [0.15, 0.2) is 9.84 Å². The Morgan fingerprint density at radius 1 is 1.27 bits per heavy atom. The molecular weight excluding hydrogens is 306 g/mol. The second-order valence-electron chi connectivity index (χ2n) is 5.48. The predicted octanol–water partition coefficient (Wildman–Crippen LogP) is 1.72. The van der Waals surface area contributed by atoms with Crippen molar-refractivity contribution in [3.63, 3.8) is 0 Å². The zero-order valence-electron chi connectivity index (χ0n) is 13.2. The first-order valence-corrected chi connectivity index (χ1v) is 8.76. The summed E-state index contributed by atoms with van der Waals surface area (Å²) in [5, 5.41) is 8.78. The fourth-order valence-corrected chi connectivity index (χ4v) is 2.67. The van der Waals surface area contributed by atoms with Crippen molar-refractivity contribution in [2.75, 3.05) is 12.8 Å². The van der Waals surface area contributed by atoms with Gasteiger partial charge in [0.1, 0.15) is 0 Å². The van der Waals surface area contributed by atoms with Crippen LogP contribution in [0.4, 0.5) is 0 Å². The molecule has 0 aromatic heterocycles. The number of hydrogen-bond donors (Lipinski definition) is 1. The van der Waals surface area contributed by atoms with Gasteiger partial charge in [0.05, 0.1) is 11.3 Å². The second kappa shape index (κ2) is 6.91. The first-order chi connectivity index (χ1) is 10.0. The van der Waals surface area contributed by atoms with Crippen molar-refractivity contribution in [1.82, 2.24) is 4.90 Å². The van der Waals surface area contributed by atoms with Gasteiger partial charge in [-0.15, -0.1) is 0 Å². The van der Waals surface area contributed by atoms with Gasteiger partial charge >= 0.3 is 5.97 Å². The van der Waals surface area contributed by atoms with Crippen molar-refractivity contribution in [3.8, 4) is 0 Å². The summed E-state index contributed by atoms with van der Waals surface area (Å²) in [4.78, 5) is 24.9. The Hall–Kier alpha value is -1.89. The van der Waals surface area contributed by atoms with Crippen molar-refractivity contribution in [2.45, 2.75) is 38.1 Å². The molecule has 0 saturated carbocycles. The van der Waals surface area contributed by atoms with E-state index in [1.165, 1.54) is 17.0 Å². The minimum absolute atomic E-state index is 0.0726. The average molecular weight is 327 g/mol. The third-order valence-corrected chi connectivity index (χ3v) is 4.43. The highest BCUT2D eigenvalue weighted by Crippen LogP contribution is 2.18. The van der Waals surface area contributed by atoms with Crippen LogP contribution < -0.4 is 0 Å². The SMILES string of the molecule is Cc1ccc(S(C)(=O)=O)cc1C(=O)N(CCC(=O)O)C(C)C. The lowest BCUT2D eigenvalue weighted by Crippen LogP contribution is -2.38. The van der Waals surface area contributed by atoms with E-state index in [1.54, 1.807) is 26.8 Å². The largest absolute Gasteiger partial charge is 0.481 e. The molecule has 0 unspecified atom stereocenters. The highest BCUT2D eigenvalue weighted by molar-refractivity contribution is 7.90. The lowest BCUT2D eigenvalue weighted by Gasteiger charge is -2.27. The molecule has 0 saturated heterocycles. The summed E-state index contributed by atoms with van der Waals surface area (Å²) < 4.78 is 23.3. The first-order valence-electron chi connectivity index (χ1n) is 6.87. The Morgan fingerprint density at radius 2 is 1.86 bits per heavy atom. The number of carboxylic acid groups (broad SMARTS) is 1. The van der Waals surface area contributed by atoms with Gasteiger partial charge in [-0.25, -0.2) is 8.42 Å². The Morgan fingerprint density at radius 3 is 2.32 bits per heavy atom. The molecule has 0 fully saturated rings. The van der Waals surface area contributed by atoms with Gasteiger partial charge in [0.25, 0.3) is 5.91 Å². The Bertz CT molecular complexity index is 679. The highest BCUT2D eigenvalue weighted by Gasteiger charge is 2.22. The summed E-state index contributed by atoms with van der Waals surface area (Å²) >= 11 is 0. The maximum absolute atomic E-state index is 12.6. The second-order valence-corrected chi connectivity index (χ2v) is 7.50. The molecule has 0 aliphatic carbocycles. The minimum Gasteiger partial charge on any atom is -0.481 e. The van der Waals surface area contributed by atoms with E-state index in [0.29, 0.717) is 5.56 Å². The van der Waals surface area contributed by atoms with Gasteiger partial charge in [0.2, 0.25) is 0 Å². The summed E-state index contributed by atoms with van der Waals surface area (Å²) in [5.41, 5.74) is 0.931. The number of carboxylic acids is 1. The number of nitrogens with zero attached hydrogens (tertiary/aromatic N) is 1. The fraction of sp³-hybridized carbons (Fsp3) is 0.467. The van der Waals surface area contributed by atoms with Crippen LogP contribution in [0.15, 0.2) is 23.1 Å². The molecule has 1 amide bonds. The van der Waals surface area contributed by atoms with Crippen molar-refractivity contribution < 1.29 is 23.1 Å². The van der Waals surface area contributed by atoms with E-state index in [-0.39, 0.29) is 35.4 Å². The summed E-state index contributed by atoms with van der Waals surface area (Å²) in [7, 11) is -3.41. The van der Waals surface area contributed by atoms with E-state index in [0.717, 1.165) is 6.26 Å². The van der Waals surface area contributed by atoms with Crippen molar-refractivity contribution >= 4 is 21.7 Å². The maximum atomic E-state index is 12.6. The third-order valence-electron chi connectivity index (χ3n) is 3.32. The molecule has 122 valence electrons. The van der Waals surface area contributed by atoms with Crippen molar-refractivity contribution in [1.29, 1.82) is 0 Å². The maximum Gasteiger partial charge on any atom is 0.305 e. The van der Waals surface area contributed by atoms with E-state index < -0.39 is 15.8 Å². The zero-order valence-corrected chi connectivity index (χ0v) is 14.0. The highest BCUT2D eigenvalue weighted by atomic mass is 32.2. The smallest absolute Gasteiger partial charge is 0.305 e. The topological polar surface area (TPSA) is 91.8 Å². The van der Waals surface area contributed by atoms with Crippen LogP contribution in [0.25, 0.3) is 0 Å². The predicted molar refractivity (Wildman–Crippen MR) is 82.7 cm³/mol. The van der Waals surface area contributed by atoms with Gasteiger partial charge in [-0.05, 0) is 38.5 Å². The molecule has 0 aliphatic rings. The number of hydrogen-bond acceptors (Lipinski definition) is 4. The number of aliphatic carboxylic acids is 1. The Kier molecular flexibility index (Phi) is 5.71. The molecule has 0 atom stereocenters. The molecule has 22 heavy (non-hydrogen) atoms. The van der Waals surface area contributed by atoms with E-state index >= 15 is 0 Å². The summed E-state index contributed by atoms with van der Waals surface area (Å²) in [5.74, 6) is -1.35. The van der Waals surface area contributed by atoms with Crippen LogP contribution >= 0.6 is 0 Å². The number of aryl methyl sites for hydroxylation is 1. The molecule has 1 rings (SSSR count). The number of rotatable bonds is 6. The molecule has 1 aromatic carbocycles. The van der Waals surface area contributed by atoms with E-state index in [4.69, 9.17) is 5.11 Å². The van der Waals surface area contributed by atoms with Crippen LogP contribution in [0.1, 0.15) is 36.2 Å². The molecule has 0 spiro atoms. The summed E-state index contributed by atoms with van der Waals surface area (Å²) in [6, 6.07) is 4.20. The molecule has 0 aliphatic heterocycles. The van der Waals surface area contributed by atoms with Crippen molar-refractivity contribution in [3.05, 3.63) is 29.3 Å². The minimum atomic E-state index is -3.41. The first kappa shape index (κ1) is 18.2. The molecule has 0 bridgehead atoms. The molecule has 1 aromatic rings. The molecule has 0 heterocycles. The number of carbonyl (C=O) groups excluding carboxylic acids is 1. The van der Waals surface area contributed by atoms with Gasteiger partial charge in [-0.2, -0.15) is 0 Å². The molecular formula is C15H21NO5S. The van der Waals surface area contributed by atoms with Crippen LogP contribution in [-0.2, 0) is 14.6 Å². The summed E-state index contributed by atoms with van der Waals surface area (Å²) in [6.07, 6.45) is 0.922. The fourth-order valence-electron chi connectivity index (χ4n) is 2.03. The normalized spacial score (nSPS) is 11.5. The average Bonchev–Trinajstić information content (AvgIpc) is 2.36. The monoisotopic (exact) mass is 327 g/mol. The van der Waals surface area contributed by atoms with Gasteiger partial charge < -0.3 is 10.0 Å². The van der Waals surface area contributed by atoms with Gasteiger partial charge in [-0.1, -0.05) is 6.07 Å². The van der Waals surface area contributed by atoms with Crippen LogP contribution in [0.3, 0.4) is 0 Å².